The van der Waals surface area contributed by atoms with Crippen molar-refractivity contribution < 1.29 is 9.47 Å². The van der Waals surface area contributed by atoms with Crippen LogP contribution in [0.5, 0.6) is 11.5 Å². The fourth-order valence-electron chi connectivity index (χ4n) is 1.55. The highest BCUT2D eigenvalue weighted by Crippen LogP contribution is 2.18. The molecule has 0 N–H and O–H groups in total. The van der Waals surface area contributed by atoms with Crippen molar-refractivity contribution in [1.82, 2.24) is 0 Å². The summed E-state index contributed by atoms with van der Waals surface area (Å²) in [5.41, 5.74) is 2.59. The molecule has 0 saturated carbocycles. The van der Waals surface area contributed by atoms with Crippen LogP contribution in [0.25, 0.3) is 0 Å². The van der Waals surface area contributed by atoms with Gasteiger partial charge in [-0.25, -0.2) is 0 Å². The van der Waals surface area contributed by atoms with Crippen molar-refractivity contribution in [3.8, 4) is 11.5 Å². The maximum absolute atomic E-state index is 5.68. The maximum Gasteiger partial charge on any atom is 0.120 e. The van der Waals surface area contributed by atoms with Gasteiger partial charge in [-0.1, -0.05) is 41.9 Å². The zero-order valence-corrected chi connectivity index (χ0v) is 11.2. The fraction of sp³-hybridized carbons (Fsp3) is 0.125. The molecule has 2 rings (SSSR count). The van der Waals surface area contributed by atoms with Gasteiger partial charge in [-0.15, -0.1) is 0 Å². The Bertz CT molecular complexity index is 506. The third-order valence-electron chi connectivity index (χ3n) is 2.51. The van der Waals surface area contributed by atoms with E-state index in [9.17, 15) is 0 Å². The van der Waals surface area contributed by atoms with Crippen molar-refractivity contribution in [1.29, 1.82) is 0 Å². The number of hydrogen-bond acceptors (Lipinski definition) is 2. The molecule has 0 unspecified atom stereocenters. The number of hydrogen-bond donors (Lipinski definition) is 0. The molecule has 0 atom stereocenters. The Morgan fingerprint density at radius 2 is 1.47 bits per heavy atom. The lowest BCUT2D eigenvalue weighted by atomic mass is 10.2. The van der Waals surface area contributed by atoms with Gasteiger partial charge in [0.1, 0.15) is 24.7 Å². The predicted molar refractivity (Wildman–Crippen MR) is 77.7 cm³/mol. The van der Waals surface area contributed by atoms with Gasteiger partial charge in [-0.05, 0) is 35.9 Å². The van der Waals surface area contributed by atoms with Gasteiger partial charge in [-0.2, -0.15) is 0 Å². The summed E-state index contributed by atoms with van der Waals surface area (Å²) in [4.78, 5) is 0. The molecule has 0 bridgehead atoms. The van der Waals surface area contributed by atoms with Gasteiger partial charge in [0.25, 0.3) is 0 Å². The normalized spacial score (nSPS) is 10.6. The largest absolute Gasteiger partial charge is 0.489 e. The lowest BCUT2D eigenvalue weighted by Crippen LogP contribution is -1.96. The molecule has 0 radical (unpaired) electrons. The third-order valence-corrected chi connectivity index (χ3v) is 2.69. The Hall–Kier alpha value is -1.93. The van der Waals surface area contributed by atoms with Gasteiger partial charge in [0.2, 0.25) is 0 Å². The lowest BCUT2D eigenvalue weighted by Gasteiger charge is -2.07. The monoisotopic (exact) mass is 274 g/mol. The zero-order valence-electron chi connectivity index (χ0n) is 10.5. The first-order valence-corrected chi connectivity index (χ1v) is 6.47. The highest BCUT2D eigenvalue weighted by atomic mass is 35.5. The third kappa shape index (κ3) is 4.68. The average Bonchev–Trinajstić information content (AvgIpc) is 2.48. The second-order valence-corrected chi connectivity index (χ2v) is 4.17. The van der Waals surface area contributed by atoms with Crippen LogP contribution in [0.3, 0.4) is 0 Å². The SMILES string of the molecule is Cl/C=C\COc1ccc(OCc2ccccc2)cc1. The molecule has 0 spiro atoms. The molecule has 98 valence electrons. The van der Waals surface area contributed by atoms with E-state index in [1.807, 2.05) is 54.6 Å². The first kappa shape index (κ1) is 13.5. The minimum absolute atomic E-state index is 0.466. The van der Waals surface area contributed by atoms with Gasteiger partial charge in [-0.3, -0.25) is 0 Å². The summed E-state index contributed by atoms with van der Waals surface area (Å²) in [6, 6.07) is 17.6. The highest BCUT2D eigenvalue weighted by Gasteiger charge is 1.97. The van der Waals surface area contributed by atoms with E-state index >= 15 is 0 Å². The summed E-state index contributed by atoms with van der Waals surface area (Å²) in [5.74, 6) is 1.62. The van der Waals surface area contributed by atoms with Crippen LogP contribution in [0.1, 0.15) is 5.56 Å². The average molecular weight is 275 g/mol. The highest BCUT2D eigenvalue weighted by molar-refractivity contribution is 6.25. The number of rotatable bonds is 6. The van der Waals surface area contributed by atoms with E-state index in [4.69, 9.17) is 21.1 Å². The van der Waals surface area contributed by atoms with Crippen LogP contribution in [0, 0.1) is 0 Å². The smallest absolute Gasteiger partial charge is 0.120 e. The molecule has 0 saturated heterocycles. The molecule has 19 heavy (non-hydrogen) atoms. The fourth-order valence-corrected chi connectivity index (χ4v) is 1.63. The van der Waals surface area contributed by atoms with Crippen molar-refractivity contribution in [3.05, 3.63) is 71.8 Å². The summed E-state index contributed by atoms with van der Waals surface area (Å²) < 4.78 is 11.1. The number of ether oxygens (including phenoxy) is 2. The molecule has 2 aromatic carbocycles. The molecular weight excluding hydrogens is 260 g/mol. The van der Waals surface area contributed by atoms with E-state index in [2.05, 4.69) is 0 Å². The number of halogens is 1. The lowest BCUT2D eigenvalue weighted by molar-refractivity contribution is 0.305. The number of benzene rings is 2. The van der Waals surface area contributed by atoms with Crippen LogP contribution >= 0.6 is 11.6 Å². The molecule has 2 nitrogen and oxygen atoms in total. The Balaban J connectivity index is 1.85. The maximum atomic E-state index is 5.68. The van der Waals surface area contributed by atoms with Gasteiger partial charge in [0.05, 0.1) is 0 Å². The van der Waals surface area contributed by atoms with E-state index < -0.39 is 0 Å². The van der Waals surface area contributed by atoms with Crippen molar-refractivity contribution in [2.24, 2.45) is 0 Å². The second-order valence-electron chi connectivity index (χ2n) is 3.92. The molecule has 3 heteroatoms. The zero-order chi connectivity index (χ0) is 13.3. The minimum atomic E-state index is 0.466. The van der Waals surface area contributed by atoms with Crippen LogP contribution in [0.15, 0.2) is 66.2 Å². The summed E-state index contributed by atoms with van der Waals surface area (Å²) in [6.07, 6.45) is 1.74. The molecule has 0 aliphatic carbocycles. The molecular formula is C16H15ClO2. The van der Waals surface area contributed by atoms with E-state index in [1.165, 1.54) is 5.54 Å². The Morgan fingerprint density at radius 3 is 2.11 bits per heavy atom. The predicted octanol–water partition coefficient (Wildman–Crippen LogP) is 4.40. The molecule has 0 aliphatic heterocycles. The van der Waals surface area contributed by atoms with Crippen molar-refractivity contribution in [3.63, 3.8) is 0 Å². The van der Waals surface area contributed by atoms with Gasteiger partial charge < -0.3 is 9.47 Å². The topological polar surface area (TPSA) is 18.5 Å². The molecule has 2 aromatic rings. The van der Waals surface area contributed by atoms with E-state index in [-0.39, 0.29) is 0 Å². The molecule has 0 aliphatic rings. The summed E-state index contributed by atoms with van der Waals surface area (Å²) in [7, 11) is 0. The molecule has 0 aromatic heterocycles. The first-order valence-electron chi connectivity index (χ1n) is 6.03. The van der Waals surface area contributed by atoms with E-state index in [0.29, 0.717) is 13.2 Å². The molecule has 0 fully saturated rings. The molecule has 0 amide bonds. The second kappa shape index (κ2) is 7.49. The Kier molecular flexibility index (Phi) is 5.32. The van der Waals surface area contributed by atoms with Crippen LogP contribution in [0.4, 0.5) is 0 Å². The summed E-state index contributed by atoms with van der Waals surface area (Å²) >= 11 is 5.41. The van der Waals surface area contributed by atoms with Crippen molar-refractivity contribution in [2.75, 3.05) is 6.61 Å². The van der Waals surface area contributed by atoms with Gasteiger partial charge in [0.15, 0.2) is 0 Å². The quantitative estimate of drug-likeness (QED) is 0.777. The van der Waals surface area contributed by atoms with E-state index in [1.54, 1.807) is 6.08 Å². The first-order chi connectivity index (χ1) is 9.38. The van der Waals surface area contributed by atoms with Gasteiger partial charge in [0, 0.05) is 5.54 Å². The van der Waals surface area contributed by atoms with Crippen LogP contribution < -0.4 is 9.47 Å². The molecule has 0 heterocycles. The van der Waals surface area contributed by atoms with Crippen LogP contribution in [0.2, 0.25) is 0 Å². The standard InChI is InChI=1S/C16H15ClO2/c17-11-4-12-18-15-7-9-16(10-8-15)19-13-14-5-2-1-3-6-14/h1-11H,12-13H2/b11-4-. The van der Waals surface area contributed by atoms with Crippen molar-refractivity contribution >= 4 is 11.6 Å². The minimum Gasteiger partial charge on any atom is -0.489 e. The van der Waals surface area contributed by atoms with Crippen molar-refractivity contribution in [2.45, 2.75) is 6.61 Å². The van der Waals surface area contributed by atoms with Crippen LogP contribution in [-0.4, -0.2) is 6.61 Å². The van der Waals surface area contributed by atoms with Crippen LogP contribution in [-0.2, 0) is 6.61 Å². The Labute approximate surface area is 118 Å². The summed E-state index contributed by atoms with van der Waals surface area (Å²) in [6.45, 7) is 1.03. The van der Waals surface area contributed by atoms with Gasteiger partial charge >= 0.3 is 0 Å². The van der Waals surface area contributed by atoms with E-state index in [0.717, 1.165) is 17.1 Å². The Morgan fingerprint density at radius 1 is 0.842 bits per heavy atom. The summed E-state index contributed by atoms with van der Waals surface area (Å²) in [5, 5.41) is 0.